The lowest BCUT2D eigenvalue weighted by atomic mass is 9.92. The number of hydrogen-bond acceptors (Lipinski definition) is 10. The van der Waals surface area contributed by atoms with Crippen LogP contribution in [0.1, 0.15) is 57.3 Å². The average molecular weight is 683 g/mol. The van der Waals surface area contributed by atoms with Crippen molar-refractivity contribution in [2.24, 2.45) is 5.92 Å². The SMILES string of the molecule is CCS(=O)(=O)c1ccc(NC(=O)OC)cc1C1C(C(=O)O)CCN1C(=O)C(Nc1ccc2c(c1)C(=O)NC2=O)c1ccc(F)c(OC)c1. The number of amides is 4. The fourth-order valence-corrected chi connectivity index (χ4v) is 7.01. The van der Waals surface area contributed by atoms with E-state index in [1.807, 2.05) is 0 Å². The Hall–Kier alpha value is -5.51. The number of carbonyl (C=O) groups is 5. The highest BCUT2D eigenvalue weighted by Crippen LogP contribution is 2.43. The van der Waals surface area contributed by atoms with E-state index in [2.05, 4.69) is 20.7 Å². The number of rotatable bonds is 10. The molecule has 0 aromatic heterocycles. The van der Waals surface area contributed by atoms with E-state index in [1.54, 1.807) is 0 Å². The van der Waals surface area contributed by atoms with Crippen LogP contribution >= 0.6 is 0 Å². The number of carbonyl (C=O) groups excluding carboxylic acids is 4. The second-order valence-corrected chi connectivity index (χ2v) is 13.2. The molecular formula is C32H31FN4O10S. The summed E-state index contributed by atoms with van der Waals surface area (Å²) < 4.78 is 50.8. The fraction of sp³-hybridized carbons (Fsp3) is 0.281. The number of imide groups is 1. The lowest BCUT2D eigenvalue weighted by molar-refractivity contribution is -0.143. The minimum absolute atomic E-state index is 0.0350. The number of ether oxygens (including phenoxy) is 2. The first kappa shape index (κ1) is 33.8. The zero-order valence-corrected chi connectivity index (χ0v) is 26.7. The third kappa shape index (κ3) is 6.38. The zero-order chi connectivity index (χ0) is 34.9. The summed E-state index contributed by atoms with van der Waals surface area (Å²) in [5.74, 6) is -5.73. The Labute approximate surface area is 274 Å². The maximum absolute atomic E-state index is 14.6. The van der Waals surface area contributed by atoms with Crippen molar-refractivity contribution >= 4 is 51.0 Å². The standard InChI is InChI=1S/C32H31FN4O10S/c1-4-48(44,45)25-10-7-18(35-32(43)47-3)15-22(25)27-20(31(41)42)11-12-37(27)30(40)26(16-5-9-23(33)24(13-16)46-2)34-17-6-8-19-21(14-17)29(39)36-28(19)38/h5-10,13-15,20,26-27,34H,4,11-12H2,1-3H3,(H,35,43)(H,41,42)(H,36,38,39). The van der Waals surface area contributed by atoms with Crippen molar-refractivity contribution in [1.82, 2.24) is 10.2 Å². The summed E-state index contributed by atoms with van der Waals surface area (Å²) in [7, 11) is -1.61. The average Bonchev–Trinajstić information content (AvgIpc) is 3.64. The number of likely N-dealkylation sites (tertiary alicyclic amines) is 1. The molecule has 0 saturated carbocycles. The summed E-state index contributed by atoms with van der Waals surface area (Å²) in [4.78, 5) is 64.7. The smallest absolute Gasteiger partial charge is 0.411 e. The Morgan fingerprint density at radius 1 is 1.02 bits per heavy atom. The third-order valence-corrected chi connectivity index (χ3v) is 10.1. The molecule has 5 rings (SSSR count). The number of nitrogens with one attached hydrogen (secondary N) is 3. The van der Waals surface area contributed by atoms with Gasteiger partial charge in [-0.05, 0) is 66.1 Å². The maximum Gasteiger partial charge on any atom is 0.411 e. The fourth-order valence-electron chi connectivity index (χ4n) is 5.88. The van der Waals surface area contributed by atoms with Gasteiger partial charge in [0.2, 0.25) is 5.91 Å². The van der Waals surface area contributed by atoms with Gasteiger partial charge in [0.05, 0.1) is 48.0 Å². The highest BCUT2D eigenvalue weighted by atomic mass is 32.2. The van der Waals surface area contributed by atoms with Gasteiger partial charge in [0.1, 0.15) is 6.04 Å². The van der Waals surface area contributed by atoms with Crippen molar-refractivity contribution in [1.29, 1.82) is 0 Å². The van der Waals surface area contributed by atoms with E-state index in [0.717, 1.165) is 13.2 Å². The summed E-state index contributed by atoms with van der Waals surface area (Å²) in [5.41, 5.74) is 0.670. The van der Waals surface area contributed by atoms with Crippen LogP contribution in [0.4, 0.5) is 20.6 Å². The Kier molecular flexibility index (Phi) is 9.38. The van der Waals surface area contributed by atoms with Crippen LogP contribution in [0, 0.1) is 11.7 Å². The van der Waals surface area contributed by atoms with Gasteiger partial charge in [0, 0.05) is 17.9 Å². The second kappa shape index (κ2) is 13.3. The minimum Gasteiger partial charge on any atom is -0.494 e. The molecule has 0 radical (unpaired) electrons. The zero-order valence-electron chi connectivity index (χ0n) is 25.9. The van der Waals surface area contributed by atoms with Crippen LogP contribution in [-0.2, 0) is 24.2 Å². The molecule has 48 heavy (non-hydrogen) atoms. The van der Waals surface area contributed by atoms with E-state index in [-0.39, 0.29) is 63.0 Å². The lowest BCUT2D eigenvalue weighted by Crippen LogP contribution is -2.40. The van der Waals surface area contributed by atoms with E-state index in [1.165, 1.54) is 67.5 Å². The maximum atomic E-state index is 14.6. The van der Waals surface area contributed by atoms with Gasteiger partial charge in [-0.3, -0.25) is 29.8 Å². The van der Waals surface area contributed by atoms with Gasteiger partial charge in [-0.1, -0.05) is 13.0 Å². The number of hydrogen-bond donors (Lipinski definition) is 4. The van der Waals surface area contributed by atoms with Crippen molar-refractivity contribution in [2.75, 3.05) is 37.2 Å². The molecule has 0 aliphatic carbocycles. The van der Waals surface area contributed by atoms with Gasteiger partial charge in [0.25, 0.3) is 11.8 Å². The molecule has 3 aromatic carbocycles. The predicted octanol–water partition coefficient (Wildman–Crippen LogP) is 3.52. The number of benzene rings is 3. The highest BCUT2D eigenvalue weighted by Gasteiger charge is 2.46. The normalized spacial score (nSPS) is 17.7. The number of fused-ring (bicyclic) bond motifs is 1. The largest absolute Gasteiger partial charge is 0.494 e. The Morgan fingerprint density at radius 2 is 1.73 bits per heavy atom. The molecular weight excluding hydrogens is 651 g/mol. The highest BCUT2D eigenvalue weighted by molar-refractivity contribution is 7.91. The van der Waals surface area contributed by atoms with Crippen molar-refractivity contribution in [2.45, 2.75) is 30.3 Å². The summed E-state index contributed by atoms with van der Waals surface area (Å²) in [6.45, 7) is 1.30. The molecule has 2 aliphatic rings. The molecule has 1 saturated heterocycles. The number of halogens is 1. The quantitative estimate of drug-likeness (QED) is 0.228. The van der Waals surface area contributed by atoms with E-state index in [0.29, 0.717) is 0 Å². The molecule has 4 N–H and O–H groups in total. The van der Waals surface area contributed by atoms with Crippen molar-refractivity contribution in [3.8, 4) is 5.75 Å². The van der Waals surface area contributed by atoms with Gasteiger partial charge < -0.3 is 24.8 Å². The topological polar surface area (TPSA) is 198 Å². The second-order valence-electron chi connectivity index (χ2n) is 11.0. The molecule has 3 unspecified atom stereocenters. The van der Waals surface area contributed by atoms with Crippen LogP contribution in [0.25, 0.3) is 0 Å². The predicted molar refractivity (Wildman–Crippen MR) is 168 cm³/mol. The number of sulfone groups is 1. The first-order chi connectivity index (χ1) is 22.8. The molecule has 16 heteroatoms. The van der Waals surface area contributed by atoms with Crippen LogP contribution in [0.2, 0.25) is 0 Å². The number of nitrogens with zero attached hydrogens (tertiary/aromatic N) is 1. The lowest BCUT2D eigenvalue weighted by Gasteiger charge is -2.33. The van der Waals surface area contributed by atoms with Crippen molar-refractivity contribution in [3.05, 3.63) is 82.7 Å². The van der Waals surface area contributed by atoms with Crippen LogP contribution in [-0.4, -0.2) is 74.7 Å². The van der Waals surface area contributed by atoms with E-state index in [9.17, 15) is 41.9 Å². The minimum atomic E-state index is -3.98. The summed E-state index contributed by atoms with van der Waals surface area (Å²) in [6, 6.07) is 9.08. The molecule has 0 spiro atoms. The van der Waals surface area contributed by atoms with E-state index >= 15 is 0 Å². The van der Waals surface area contributed by atoms with Crippen LogP contribution in [0.5, 0.6) is 5.75 Å². The summed E-state index contributed by atoms with van der Waals surface area (Å²) in [6.07, 6.45) is -0.910. The summed E-state index contributed by atoms with van der Waals surface area (Å²) >= 11 is 0. The molecule has 2 heterocycles. The van der Waals surface area contributed by atoms with Crippen molar-refractivity contribution in [3.63, 3.8) is 0 Å². The monoisotopic (exact) mass is 682 g/mol. The van der Waals surface area contributed by atoms with Crippen LogP contribution in [0.3, 0.4) is 0 Å². The molecule has 0 bridgehead atoms. The van der Waals surface area contributed by atoms with Gasteiger partial charge >= 0.3 is 12.1 Å². The molecule has 1 fully saturated rings. The summed E-state index contributed by atoms with van der Waals surface area (Å²) in [5, 5.41) is 17.9. The molecule has 3 aromatic rings. The number of anilines is 2. The number of carboxylic acids is 1. The van der Waals surface area contributed by atoms with E-state index < -0.39 is 63.4 Å². The van der Waals surface area contributed by atoms with Gasteiger partial charge in [0.15, 0.2) is 21.4 Å². The van der Waals surface area contributed by atoms with E-state index in [4.69, 9.17) is 4.74 Å². The van der Waals surface area contributed by atoms with Gasteiger partial charge in [-0.15, -0.1) is 0 Å². The van der Waals surface area contributed by atoms with Gasteiger partial charge in [-0.2, -0.15) is 0 Å². The Bertz CT molecular complexity index is 1950. The molecule has 4 amide bonds. The molecule has 2 aliphatic heterocycles. The number of methoxy groups -OCH3 is 2. The first-order valence-corrected chi connectivity index (χ1v) is 16.3. The Balaban J connectivity index is 1.65. The van der Waals surface area contributed by atoms with Crippen LogP contribution < -0.4 is 20.7 Å². The molecule has 3 atom stereocenters. The molecule has 14 nitrogen and oxygen atoms in total. The third-order valence-electron chi connectivity index (χ3n) is 8.28. The number of aliphatic carboxylic acids is 1. The van der Waals surface area contributed by atoms with Gasteiger partial charge in [-0.25, -0.2) is 17.6 Å². The van der Waals surface area contributed by atoms with Crippen molar-refractivity contribution < 1.29 is 51.4 Å². The first-order valence-electron chi connectivity index (χ1n) is 14.6. The van der Waals surface area contributed by atoms with Crippen LogP contribution in [0.15, 0.2) is 59.5 Å². The Morgan fingerprint density at radius 3 is 2.40 bits per heavy atom. The number of carboxylic acid groups (broad SMARTS) is 1. The molecule has 252 valence electrons.